The first-order chi connectivity index (χ1) is 33.6. The van der Waals surface area contributed by atoms with Crippen LogP contribution in [-0.4, -0.2) is 9.13 Å². The van der Waals surface area contributed by atoms with Gasteiger partial charge in [-0.25, -0.2) is 0 Å². The van der Waals surface area contributed by atoms with E-state index in [1.165, 1.54) is 15.9 Å². The lowest BCUT2D eigenvalue weighted by Gasteiger charge is -2.12. The standard InChI is InChI=1S/C48H30N2S/c1-2-12-31(13-3-1)32-14-10-15-33(28-32)34-24-27-46-40(29-34)48-45(22-11-23-47(48)51-46)50-43-21-9-6-18-38(43)39-30-35(25-26-44(39)50)49-41-19-7-4-16-36(41)37-17-5-8-20-42(37)49/h1-30H/i1D,2D,3D,4D,5D,6D,7D,8D,9D,12D,13D,16D,17D,18D,19D,20D,21D,25D,26D,30D. The Kier molecular flexibility index (Phi) is 3.30. The summed E-state index contributed by atoms with van der Waals surface area (Å²) in [4.78, 5) is 0. The normalized spacial score (nSPS) is 17.4. The highest BCUT2D eigenvalue weighted by Crippen LogP contribution is 2.43. The number of para-hydroxylation sites is 3. The van der Waals surface area contributed by atoms with Gasteiger partial charge in [0.15, 0.2) is 0 Å². The van der Waals surface area contributed by atoms with Gasteiger partial charge in [-0.1, -0.05) is 115 Å². The summed E-state index contributed by atoms with van der Waals surface area (Å²) in [6.45, 7) is 0. The molecule has 3 aromatic heterocycles. The maximum Gasteiger partial charge on any atom is 0.0652 e. The van der Waals surface area contributed by atoms with Gasteiger partial charge in [0.1, 0.15) is 0 Å². The molecule has 3 heterocycles. The van der Waals surface area contributed by atoms with Crippen LogP contribution in [0.3, 0.4) is 0 Å². The van der Waals surface area contributed by atoms with Gasteiger partial charge in [-0.05, 0) is 88.8 Å². The quantitative estimate of drug-likeness (QED) is 0.174. The molecule has 3 heteroatoms. The van der Waals surface area contributed by atoms with Crippen molar-refractivity contribution >= 4 is 75.1 Å². The fourth-order valence-corrected chi connectivity index (χ4v) is 8.03. The van der Waals surface area contributed by atoms with Crippen LogP contribution in [-0.2, 0) is 0 Å². The van der Waals surface area contributed by atoms with Gasteiger partial charge in [0.05, 0.1) is 55.2 Å². The molecule has 0 atom stereocenters. The molecule has 0 saturated carbocycles. The van der Waals surface area contributed by atoms with Gasteiger partial charge in [0.2, 0.25) is 0 Å². The Bertz CT molecular complexity index is 4200. The van der Waals surface area contributed by atoms with Gasteiger partial charge in [0.25, 0.3) is 0 Å². The summed E-state index contributed by atoms with van der Waals surface area (Å²) in [5, 5.41) is 0.153. The molecule has 2 nitrogen and oxygen atoms in total. The molecule has 0 bridgehead atoms. The Hall–Kier alpha value is -6.42. The smallest absolute Gasteiger partial charge is 0.0652 e. The summed E-state index contributed by atoms with van der Waals surface area (Å²) in [6, 6.07) is 5.67. The first kappa shape index (κ1) is 15.2. The van der Waals surface area contributed by atoms with Crippen LogP contribution in [0.15, 0.2) is 182 Å². The zero-order chi connectivity index (χ0) is 50.9. The molecule has 51 heavy (non-hydrogen) atoms. The molecule has 0 saturated heterocycles. The SMILES string of the molecule is [2H]c1c([2H])c([2H])c(-c2cccc(-c3ccc4sc5cccc(-n6c7c([2H])c([2H])c([2H])c([2H])c7c7c([2H])c(-n8c9c([2H])c([2H])c([2H])c([2H])c9c9c([2H])c([2H])c([2H])c([2H])c98)c([2H])c([2H])c76)c5c4c3)c2)c([2H])c1[2H]. The Labute approximate surface area is 326 Å². The van der Waals surface area contributed by atoms with Crippen LogP contribution >= 0.6 is 11.3 Å². The van der Waals surface area contributed by atoms with Gasteiger partial charge in [-0.3, -0.25) is 0 Å². The predicted octanol–water partition coefficient (Wildman–Crippen LogP) is 13.6. The Balaban J connectivity index is 1.25. The van der Waals surface area contributed by atoms with E-state index in [1.54, 1.807) is 30.3 Å². The Morgan fingerprint density at radius 2 is 1.00 bits per heavy atom. The molecule has 8 aromatic carbocycles. The summed E-state index contributed by atoms with van der Waals surface area (Å²) in [7, 11) is 0. The van der Waals surface area contributed by atoms with E-state index in [9.17, 15) is 6.85 Å². The average molecular weight is 687 g/mol. The molecule has 0 aliphatic rings. The predicted molar refractivity (Wildman–Crippen MR) is 219 cm³/mol. The highest BCUT2D eigenvalue weighted by atomic mass is 32.1. The third-order valence-electron chi connectivity index (χ3n) is 9.10. The molecule has 11 rings (SSSR count). The summed E-state index contributed by atoms with van der Waals surface area (Å²) in [6.07, 6.45) is 0. The van der Waals surface area contributed by atoms with Crippen LogP contribution in [0.1, 0.15) is 27.4 Å². The fraction of sp³-hybridized carbons (Fsp3) is 0. The molecule has 11 aromatic rings. The van der Waals surface area contributed by atoms with Crippen molar-refractivity contribution in [1.82, 2.24) is 9.13 Å². The number of hydrogen-bond donors (Lipinski definition) is 0. The number of hydrogen-bond acceptors (Lipinski definition) is 1. The van der Waals surface area contributed by atoms with Gasteiger partial charge in [-0.2, -0.15) is 0 Å². The number of aromatic nitrogens is 2. The second-order valence-corrected chi connectivity index (χ2v) is 12.9. The van der Waals surface area contributed by atoms with Crippen LogP contribution < -0.4 is 0 Å². The zero-order valence-electron chi connectivity index (χ0n) is 46.1. The Morgan fingerprint density at radius 1 is 0.412 bits per heavy atom. The Morgan fingerprint density at radius 3 is 1.75 bits per heavy atom. The minimum Gasteiger partial charge on any atom is -0.309 e. The molecule has 0 spiro atoms. The van der Waals surface area contributed by atoms with Crippen LogP contribution in [0.4, 0.5) is 0 Å². The van der Waals surface area contributed by atoms with Gasteiger partial charge in [0, 0.05) is 47.4 Å². The third kappa shape index (κ3) is 4.29. The summed E-state index contributed by atoms with van der Waals surface area (Å²) in [5.74, 6) is 0. The van der Waals surface area contributed by atoms with E-state index >= 15 is 0 Å². The number of thiophene rings is 1. The molecule has 0 aliphatic heterocycles. The topological polar surface area (TPSA) is 9.86 Å². The van der Waals surface area contributed by atoms with Crippen LogP contribution in [0.2, 0.25) is 0 Å². The largest absolute Gasteiger partial charge is 0.309 e. The molecule has 238 valence electrons. The molecular weight excluding hydrogens is 637 g/mol. The molecule has 0 fully saturated rings. The lowest BCUT2D eigenvalue weighted by atomic mass is 9.98. The van der Waals surface area contributed by atoms with E-state index in [0.29, 0.717) is 37.9 Å². The molecule has 0 radical (unpaired) electrons. The highest BCUT2D eigenvalue weighted by Gasteiger charge is 2.19. The fourth-order valence-electron chi connectivity index (χ4n) is 6.92. The van der Waals surface area contributed by atoms with Crippen molar-refractivity contribution in [3.63, 3.8) is 0 Å². The maximum absolute atomic E-state index is 9.99. The lowest BCUT2D eigenvalue weighted by Crippen LogP contribution is -1.96. The molecule has 0 N–H and O–H groups in total. The number of nitrogens with zero attached hydrogens (tertiary/aromatic N) is 2. The molecule has 0 aliphatic carbocycles. The highest BCUT2D eigenvalue weighted by molar-refractivity contribution is 7.25. The van der Waals surface area contributed by atoms with E-state index in [1.807, 2.05) is 30.3 Å². The van der Waals surface area contributed by atoms with Crippen molar-refractivity contribution in [2.75, 3.05) is 0 Å². The first-order valence-electron chi connectivity index (χ1n) is 25.8. The van der Waals surface area contributed by atoms with E-state index in [2.05, 4.69) is 0 Å². The van der Waals surface area contributed by atoms with Crippen molar-refractivity contribution in [2.45, 2.75) is 0 Å². The number of rotatable bonds is 4. The molecule has 0 unspecified atom stereocenters. The minimum absolute atomic E-state index is 0.0296. The van der Waals surface area contributed by atoms with E-state index in [4.69, 9.17) is 20.6 Å². The van der Waals surface area contributed by atoms with E-state index in [0.717, 1.165) is 9.27 Å². The van der Waals surface area contributed by atoms with Crippen LogP contribution in [0.5, 0.6) is 0 Å². The van der Waals surface area contributed by atoms with Crippen molar-refractivity contribution in [3.05, 3.63) is 182 Å². The molecular formula is C48H30N2S. The van der Waals surface area contributed by atoms with Crippen molar-refractivity contribution in [3.8, 4) is 33.6 Å². The second-order valence-electron chi connectivity index (χ2n) is 11.8. The van der Waals surface area contributed by atoms with Crippen molar-refractivity contribution in [2.24, 2.45) is 0 Å². The van der Waals surface area contributed by atoms with Crippen molar-refractivity contribution in [1.29, 1.82) is 0 Å². The monoisotopic (exact) mass is 686 g/mol. The lowest BCUT2D eigenvalue weighted by molar-refractivity contribution is 1.17. The second kappa shape index (κ2) is 11.0. The maximum atomic E-state index is 9.99. The van der Waals surface area contributed by atoms with Gasteiger partial charge >= 0.3 is 0 Å². The zero-order valence-corrected chi connectivity index (χ0v) is 26.9. The van der Waals surface area contributed by atoms with E-state index < -0.39 is 125 Å². The summed E-state index contributed by atoms with van der Waals surface area (Å²) < 4.78 is 182. The third-order valence-corrected chi connectivity index (χ3v) is 10.2. The van der Waals surface area contributed by atoms with Gasteiger partial charge in [-0.15, -0.1) is 11.3 Å². The molecule has 0 amide bonds. The van der Waals surface area contributed by atoms with E-state index in [-0.39, 0.29) is 50.2 Å². The van der Waals surface area contributed by atoms with Gasteiger partial charge < -0.3 is 9.13 Å². The number of benzene rings is 8. The first-order valence-corrected chi connectivity index (χ1v) is 16.6. The average Bonchev–Trinajstić information content (AvgIpc) is 4.04. The summed E-state index contributed by atoms with van der Waals surface area (Å²) >= 11 is 1.41. The van der Waals surface area contributed by atoms with Crippen molar-refractivity contribution < 1.29 is 27.4 Å². The number of fused-ring (bicyclic) bond motifs is 9. The minimum atomic E-state index is -0.737. The van der Waals surface area contributed by atoms with Crippen LogP contribution in [0.25, 0.3) is 97.4 Å². The summed E-state index contributed by atoms with van der Waals surface area (Å²) in [5.41, 5.74) is 0.384. The van der Waals surface area contributed by atoms with Crippen LogP contribution in [0, 0.1) is 0 Å².